The molecule has 7 nitrogen and oxygen atoms in total. The second-order valence-electron chi connectivity index (χ2n) is 7.11. The van der Waals surface area contributed by atoms with Gasteiger partial charge in [-0.3, -0.25) is 9.59 Å². The van der Waals surface area contributed by atoms with Gasteiger partial charge in [-0.25, -0.2) is 8.42 Å². The molecule has 1 saturated carbocycles. The molecule has 1 aromatic carbocycles. The van der Waals surface area contributed by atoms with Gasteiger partial charge in [0.15, 0.2) is 0 Å². The molecule has 0 atom stereocenters. The first-order chi connectivity index (χ1) is 13.8. The Labute approximate surface area is 178 Å². The maximum Gasteiger partial charge on any atom is 0.252 e. The molecule has 29 heavy (non-hydrogen) atoms. The third kappa shape index (κ3) is 6.17. The molecule has 0 bridgehead atoms. The van der Waals surface area contributed by atoms with Gasteiger partial charge in [0.25, 0.3) is 5.91 Å². The molecule has 0 saturated heterocycles. The lowest BCUT2D eigenvalue weighted by Gasteiger charge is -2.20. The molecule has 0 spiro atoms. The van der Waals surface area contributed by atoms with Crippen LogP contribution in [0.4, 0.5) is 0 Å². The Morgan fingerprint density at radius 3 is 2.31 bits per heavy atom. The molecule has 0 unspecified atom stereocenters. The summed E-state index contributed by atoms with van der Waals surface area (Å²) < 4.78 is 26.7. The summed E-state index contributed by atoms with van der Waals surface area (Å²) >= 11 is 6.11. The minimum atomic E-state index is -3.69. The number of hydrogen-bond acceptors (Lipinski definition) is 4. The fourth-order valence-corrected chi connectivity index (χ4v) is 5.21. The Balaban J connectivity index is 1.95. The van der Waals surface area contributed by atoms with Crippen LogP contribution in [0.2, 0.25) is 5.02 Å². The molecule has 1 aliphatic carbocycles. The number of halogens is 1. The molecule has 0 heterocycles. The van der Waals surface area contributed by atoms with Gasteiger partial charge in [-0.05, 0) is 31.0 Å². The highest BCUT2D eigenvalue weighted by atomic mass is 35.5. The van der Waals surface area contributed by atoms with Crippen LogP contribution in [0.3, 0.4) is 0 Å². The van der Waals surface area contributed by atoms with Crippen molar-refractivity contribution >= 4 is 33.4 Å². The molecule has 1 fully saturated rings. The van der Waals surface area contributed by atoms with Crippen molar-refractivity contribution in [3.63, 3.8) is 0 Å². The number of nitrogens with zero attached hydrogens (tertiary/aromatic N) is 1. The maximum absolute atomic E-state index is 12.7. The third-order valence-electron chi connectivity index (χ3n) is 5.21. The number of carbonyl (C=O) groups is 2. The Morgan fingerprint density at radius 1 is 1.07 bits per heavy atom. The first-order valence-corrected chi connectivity index (χ1v) is 12.0. The number of benzene rings is 1. The second-order valence-corrected chi connectivity index (χ2v) is 9.46. The van der Waals surface area contributed by atoms with Crippen LogP contribution in [0.25, 0.3) is 0 Å². The minimum absolute atomic E-state index is 0.0290. The summed E-state index contributed by atoms with van der Waals surface area (Å²) in [6.07, 6.45) is 5.19. The molecule has 1 aromatic rings. The number of sulfonamides is 1. The highest BCUT2D eigenvalue weighted by Gasteiger charge is 2.24. The predicted octanol–water partition coefficient (Wildman–Crippen LogP) is 2.80. The molecule has 0 aliphatic heterocycles. The quantitative estimate of drug-likeness (QED) is 0.573. The van der Waals surface area contributed by atoms with Gasteiger partial charge in [0.1, 0.15) is 0 Å². The van der Waals surface area contributed by atoms with E-state index in [4.69, 9.17) is 11.6 Å². The zero-order valence-electron chi connectivity index (χ0n) is 17.0. The average Bonchev–Trinajstić information content (AvgIpc) is 2.72. The van der Waals surface area contributed by atoms with Gasteiger partial charge in [-0.1, -0.05) is 44.7 Å². The van der Waals surface area contributed by atoms with Crippen LogP contribution in [0, 0.1) is 5.92 Å². The van der Waals surface area contributed by atoms with Gasteiger partial charge < -0.3 is 10.6 Å². The molecule has 2 rings (SSSR count). The van der Waals surface area contributed by atoms with Crippen molar-refractivity contribution in [3.8, 4) is 0 Å². The number of rotatable bonds is 9. The third-order valence-corrected chi connectivity index (χ3v) is 7.59. The van der Waals surface area contributed by atoms with Crippen molar-refractivity contribution in [1.82, 2.24) is 14.9 Å². The maximum atomic E-state index is 12.7. The van der Waals surface area contributed by atoms with E-state index in [0.717, 1.165) is 25.7 Å². The number of carbonyl (C=O) groups excluding carboxylic acids is 2. The van der Waals surface area contributed by atoms with Crippen LogP contribution >= 0.6 is 11.6 Å². The van der Waals surface area contributed by atoms with E-state index in [9.17, 15) is 18.0 Å². The summed E-state index contributed by atoms with van der Waals surface area (Å²) in [5, 5.41) is 5.71. The first kappa shape index (κ1) is 23.6. The zero-order chi connectivity index (χ0) is 21.4. The highest BCUT2D eigenvalue weighted by molar-refractivity contribution is 7.89. The minimum Gasteiger partial charge on any atom is -0.354 e. The Morgan fingerprint density at radius 2 is 1.69 bits per heavy atom. The van der Waals surface area contributed by atoms with Gasteiger partial charge in [0.2, 0.25) is 15.9 Å². The van der Waals surface area contributed by atoms with Crippen LogP contribution in [-0.4, -0.2) is 50.7 Å². The van der Waals surface area contributed by atoms with Crippen molar-refractivity contribution in [2.75, 3.05) is 26.2 Å². The van der Waals surface area contributed by atoms with Crippen LogP contribution in [0.15, 0.2) is 23.1 Å². The lowest BCUT2D eigenvalue weighted by Crippen LogP contribution is -2.38. The summed E-state index contributed by atoms with van der Waals surface area (Å²) in [6.45, 7) is 4.74. The lowest BCUT2D eigenvalue weighted by molar-refractivity contribution is -0.125. The smallest absolute Gasteiger partial charge is 0.252 e. The second kappa shape index (κ2) is 10.9. The SMILES string of the molecule is CCN(CC)S(=O)(=O)c1ccc(Cl)c(C(=O)NCCNC(=O)C2CCCCC2)c1. The van der Waals surface area contributed by atoms with E-state index in [-0.39, 0.29) is 33.9 Å². The van der Waals surface area contributed by atoms with Crippen LogP contribution < -0.4 is 10.6 Å². The van der Waals surface area contributed by atoms with Crippen molar-refractivity contribution in [3.05, 3.63) is 28.8 Å². The van der Waals surface area contributed by atoms with Crippen molar-refractivity contribution < 1.29 is 18.0 Å². The van der Waals surface area contributed by atoms with E-state index in [1.807, 2.05) is 0 Å². The normalized spacial score (nSPS) is 15.3. The molecule has 1 aliphatic rings. The van der Waals surface area contributed by atoms with Crippen LogP contribution in [0.5, 0.6) is 0 Å². The molecule has 162 valence electrons. The van der Waals surface area contributed by atoms with Crippen molar-refractivity contribution in [2.45, 2.75) is 50.8 Å². The monoisotopic (exact) mass is 443 g/mol. The fourth-order valence-electron chi connectivity index (χ4n) is 3.52. The summed E-state index contributed by atoms with van der Waals surface area (Å²) in [7, 11) is -3.69. The predicted molar refractivity (Wildman–Crippen MR) is 113 cm³/mol. The Kier molecular flexibility index (Phi) is 8.92. The molecule has 0 aromatic heterocycles. The molecule has 2 N–H and O–H groups in total. The molecule has 9 heteroatoms. The van der Waals surface area contributed by atoms with Crippen molar-refractivity contribution in [1.29, 1.82) is 0 Å². The molecule has 0 radical (unpaired) electrons. The van der Waals surface area contributed by atoms with Gasteiger partial charge in [-0.15, -0.1) is 0 Å². The molecular formula is C20H30ClN3O4S. The Hall–Kier alpha value is -1.64. The van der Waals surface area contributed by atoms with Crippen molar-refractivity contribution in [2.24, 2.45) is 5.92 Å². The number of nitrogens with one attached hydrogen (secondary N) is 2. The van der Waals surface area contributed by atoms with Crippen LogP contribution in [0.1, 0.15) is 56.3 Å². The van der Waals surface area contributed by atoms with E-state index in [1.54, 1.807) is 13.8 Å². The summed E-state index contributed by atoms with van der Waals surface area (Å²) in [5.74, 6) is -0.376. The zero-order valence-corrected chi connectivity index (χ0v) is 18.6. The number of hydrogen-bond donors (Lipinski definition) is 2. The van der Waals surface area contributed by atoms with E-state index >= 15 is 0 Å². The lowest BCUT2D eigenvalue weighted by atomic mass is 9.89. The highest BCUT2D eigenvalue weighted by Crippen LogP contribution is 2.24. The van der Waals surface area contributed by atoms with E-state index in [1.165, 1.54) is 28.9 Å². The summed E-state index contributed by atoms with van der Waals surface area (Å²) in [4.78, 5) is 24.6. The standard InChI is InChI=1S/C20H30ClN3O4S/c1-3-24(4-2)29(27,28)16-10-11-18(21)17(14-16)20(26)23-13-12-22-19(25)15-8-6-5-7-9-15/h10-11,14-15H,3-9,12-13H2,1-2H3,(H,22,25)(H,23,26). The first-order valence-electron chi connectivity index (χ1n) is 10.2. The van der Waals surface area contributed by atoms with E-state index in [2.05, 4.69) is 10.6 Å². The van der Waals surface area contributed by atoms with E-state index in [0.29, 0.717) is 19.6 Å². The van der Waals surface area contributed by atoms with Gasteiger partial charge >= 0.3 is 0 Å². The van der Waals surface area contributed by atoms with Gasteiger partial charge in [-0.2, -0.15) is 4.31 Å². The van der Waals surface area contributed by atoms with Gasteiger partial charge in [0, 0.05) is 32.1 Å². The largest absolute Gasteiger partial charge is 0.354 e. The summed E-state index contributed by atoms with van der Waals surface area (Å²) in [5.41, 5.74) is 0.0958. The van der Waals surface area contributed by atoms with E-state index < -0.39 is 15.9 Å². The average molecular weight is 444 g/mol. The fraction of sp³-hybridized carbons (Fsp3) is 0.600. The summed E-state index contributed by atoms with van der Waals surface area (Å²) in [6, 6.07) is 4.11. The van der Waals surface area contributed by atoms with Crippen LogP contribution in [-0.2, 0) is 14.8 Å². The molecular weight excluding hydrogens is 414 g/mol. The topological polar surface area (TPSA) is 95.6 Å². The van der Waals surface area contributed by atoms with Gasteiger partial charge in [0.05, 0.1) is 15.5 Å². The Bertz CT molecular complexity index is 819. The molecule has 2 amide bonds. The number of amides is 2.